The van der Waals surface area contributed by atoms with Crippen molar-refractivity contribution >= 4 is 50.5 Å². The summed E-state index contributed by atoms with van der Waals surface area (Å²) in [6.45, 7) is 2.04. The van der Waals surface area contributed by atoms with Gasteiger partial charge in [-0.2, -0.15) is 0 Å². The van der Waals surface area contributed by atoms with E-state index in [1.54, 1.807) is 31.2 Å². The Balaban J connectivity index is 1.73. The molecule has 0 aromatic heterocycles. The van der Waals surface area contributed by atoms with Crippen LogP contribution >= 0.6 is 23.2 Å². The van der Waals surface area contributed by atoms with E-state index in [1.165, 1.54) is 16.4 Å². The number of carbonyl (C=O) groups is 1. The lowest BCUT2D eigenvalue weighted by Crippen LogP contribution is -2.44. The summed E-state index contributed by atoms with van der Waals surface area (Å²) in [7, 11) is -3.75. The molecule has 1 aliphatic rings. The lowest BCUT2D eigenvalue weighted by atomic mass is 9.98. The molecule has 1 amide bonds. The van der Waals surface area contributed by atoms with Crippen molar-refractivity contribution in [2.75, 3.05) is 18.4 Å². The number of sulfonamides is 1. The molecule has 3 rings (SSSR count). The van der Waals surface area contributed by atoms with Gasteiger partial charge in [0.25, 0.3) is 5.69 Å². The molecule has 1 fully saturated rings. The molecule has 1 N–H and O–H groups in total. The van der Waals surface area contributed by atoms with Crippen LogP contribution < -0.4 is 5.32 Å². The standard InChI is InChI=1S/C20H21Cl2N3O5S/c1-13-7-8-15(25(27)28)10-19(13)23-20(26)14-4-3-9-24(11-14)31(29,30)12-16-17(21)5-2-6-18(16)22/h2,5-8,10,14H,3-4,9,11-12H2,1H3,(H,23,26)/t14-/m0/s1. The Morgan fingerprint density at radius 2 is 1.94 bits per heavy atom. The zero-order chi connectivity index (χ0) is 22.8. The van der Waals surface area contributed by atoms with E-state index in [0.29, 0.717) is 36.2 Å². The van der Waals surface area contributed by atoms with Crippen molar-refractivity contribution in [2.24, 2.45) is 5.92 Å². The maximum Gasteiger partial charge on any atom is 0.271 e. The lowest BCUT2D eigenvalue weighted by molar-refractivity contribution is -0.384. The number of nitro benzene ring substituents is 1. The molecule has 8 nitrogen and oxygen atoms in total. The van der Waals surface area contributed by atoms with Crippen LogP contribution in [0, 0.1) is 23.0 Å². The van der Waals surface area contributed by atoms with E-state index in [-0.39, 0.29) is 33.9 Å². The first-order chi connectivity index (χ1) is 14.6. The third-order valence-electron chi connectivity index (χ3n) is 5.23. The van der Waals surface area contributed by atoms with Crippen molar-refractivity contribution in [2.45, 2.75) is 25.5 Å². The van der Waals surface area contributed by atoms with Crippen LogP contribution in [0.2, 0.25) is 10.0 Å². The van der Waals surface area contributed by atoms with Crippen molar-refractivity contribution in [3.8, 4) is 0 Å². The molecular weight excluding hydrogens is 465 g/mol. The quantitative estimate of drug-likeness (QED) is 0.481. The Labute approximate surface area is 190 Å². The Hall–Kier alpha value is -2.20. The van der Waals surface area contributed by atoms with Gasteiger partial charge in [0, 0.05) is 40.8 Å². The SMILES string of the molecule is Cc1ccc([N+](=O)[O-])cc1NC(=O)[C@H]1CCCN(S(=O)(=O)Cc2c(Cl)cccc2Cl)C1. The number of aryl methyl sites for hydroxylation is 1. The largest absolute Gasteiger partial charge is 0.325 e. The van der Waals surface area contributed by atoms with E-state index in [9.17, 15) is 23.3 Å². The Morgan fingerprint density at radius 3 is 2.58 bits per heavy atom. The van der Waals surface area contributed by atoms with Gasteiger partial charge >= 0.3 is 0 Å². The van der Waals surface area contributed by atoms with Crippen molar-refractivity contribution in [1.82, 2.24) is 4.31 Å². The minimum Gasteiger partial charge on any atom is -0.325 e. The summed E-state index contributed by atoms with van der Waals surface area (Å²) < 4.78 is 27.2. The molecule has 0 spiro atoms. The number of amides is 1. The summed E-state index contributed by atoms with van der Waals surface area (Å²) in [6, 6.07) is 9.00. The molecule has 1 heterocycles. The maximum atomic E-state index is 13.0. The van der Waals surface area contributed by atoms with E-state index in [2.05, 4.69) is 5.32 Å². The number of nitrogens with one attached hydrogen (secondary N) is 1. The predicted molar refractivity (Wildman–Crippen MR) is 120 cm³/mol. The molecule has 0 bridgehead atoms. The number of non-ortho nitro benzene ring substituents is 1. The second-order valence-electron chi connectivity index (χ2n) is 7.40. The molecule has 1 aliphatic heterocycles. The Kier molecular flexibility index (Phi) is 7.20. The highest BCUT2D eigenvalue weighted by Crippen LogP contribution is 2.29. The molecule has 0 aliphatic carbocycles. The molecule has 11 heteroatoms. The van der Waals surface area contributed by atoms with Gasteiger partial charge in [0.15, 0.2) is 0 Å². The molecule has 2 aromatic rings. The summed E-state index contributed by atoms with van der Waals surface area (Å²) in [4.78, 5) is 23.3. The summed E-state index contributed by atoms with van der Waals surface area (Å²) in [5, 5.41) is 14.2. The number of anilines is 1. The average Bonchev–Trinajstić information content (AvgIpc) is 2.72. The van der Waals surface area contributed by atoms with Gasteiger partial charge < -0.3 is 5.32 Å². The number of nitrogens with zero attached hydrogens (tertiary/aromatic N) is 2. The summed E-state index contributed by atoms with van der Waals surface area (Å²) in [5.74, 6) is -1.31. The third-order valence-corrected chi connectivity index (χ3v) is 7.71. The molecule has 0 unspecified atom stereocenters. The number of halogens is 2. The van der Waals surface area contributed by atoms with Gasteiger partial charge in [0.1, 0.15) is 0 Å². The van der Waals surface area contributed by atoms with E-state index in [1.807, 2.05) is 0 Å². The van der Waals surface area contributed by atoms with Crippen molar-refractivity contribution in [3.63, 3.8) is 0 Å². The van der Waals surface area contributed by atoms with Crippen LogP contribution in [0.1, 0.15) is 24.0 Å². The number of hydrogen-bond acceptors (Lipinski definition) is 5. The molecule has 0 saturated carbocycles. The highest BCUT2D eigenvalue weighted by atomic mass is 35.5. The number of carbonyl (C=O) groups excluding carboxylic acids is 1. The second-order valence-corrected chi connectivity index (χ2v) is 10.2. The van der Waals surface area contributed by atoms with Crippen LogP contribution in [0.4, 0.5) is 11.4 Å². The number of nitro groups is 1. The average molecular weight is 486 g/mol. The zero-order valence-electron chi connectivity index (χ0n) is 16.7. The van der Waals surface area contributed by atoms with E-state index < -0.39 is 20.9 Å². The molecule has 1 atom stereocenters. The smallest absolute Gasteiger partial charge is 0.271 e. The maximum absolute atomic E-state index is 13.0. The number of rotatable bonds is 6. The summed E-state index contributed by atoms with van der Waals surface area (Å²) in [5.41, 5.74) is 1.20. The first kappa shape index (κ1) is 23.5. The number of hydrogen-bond donors (Lipinski definition) is 1. The molecule has 0 radical (unpaired) electrons. The van der Waals surface area contributed by atoms with Gasteiger partial charge in [-0.25, -0.2) is 12.7 Å². The van der Waals surface area contributed by atoms with Gasteiger partial charge in [-0.3, -0.25) is 14.9 Å². The van der Waals surface area contributed by atoms with Gasteiger partial charge in [0.05, 0.1) is 22.3 Å². The van der Waals surface area contributed by atoms with Crippen LogP contribution in [0.3, 0.4) is 0 Å². The van der Waals surface area contributed by atoms with Crippen molar-refractivity contribution in [1.29, 1.82) is 0 Å². The van der Waals surface area contributed by atoms with Crippen LogP contribution in [-0.4, -0.2) is 36.6 Å². The third kappa shape index (κ3) is 5.54. The van der Waals surface area contributed by atoms with Crippen molar-refractivity contribution in [3.05, 3.63) is 67.7 Å². The first-order valence-corrected chi connectivity index (χ1v) is 11.9. The molecule has 2 aromatic carbocycles. The van der Waals surface area contributed by atoms with Crippen LogP contribution in [0.15, 0.2) is 36.4 Å². The number of benzene rings is 2. The summed E-state index contributed by atoms with van der Waals surface area (Å²) >= 11 is 12.2. The van der Waals surface area contributed by atoms with Crippen LogP contribution in [0.25, 0.3) is 0 Å². The second kappa shape index (κ2) is 9.52. The Bertz CT molecular complexity index is 1100. The van der Waals surface area contributed by atoms with Gasteiger partial charge in [-0.15, -0.1) is 0 Å². The Morgan fingerprint density at radius 1 is 1.26 bits per heavy atom. The fraction of sp³-hybridized carbons (Fsp3) is 0.350. The lowest BCUT2D eigenvalue weighted by Gasteiger charge is -2.31. The zero-order valence-corrected chi connectivity index (χ0v) is 19.0. The van der Waals surface area contributed by atoms with Gasteiger partial charge in [-0.05, 0) is 37.5 Å². The minimum absolute atomic E-state index is 0.0181. The monoisotopic (exact) mass is 485 g/mol. The predicted octanol–water partition coefficient (Wildman–Crippen LogP) is 4.39. The normalized spacial score (nSPS) is 17.3. The van der Waals surface area contributed by atoms with E-state index >= 15 is 0 Å². The van der Waals surface area contributed by atoms with Gasteiger partial charge in [-0.1, -0.05) is 35.3 Å². The first-order valence-electron chi connectivity index (χ1n) is 9.55. The van der Waals surface area contributed by atoms with Crippen LogP contribution in [0.5, 0.6) is 0 Å². The molecular formula is C20H21Cl2N3O5S. The molecule has 31 heavy (non-hydrogen) atoms. The molecule has 1 saturated heterocycles. The summed E-state index contributed by atoms with van der Waals surface area (Å²) in [6.07, 6.45) is 1.03. The number of piperidine rings is 1. The van der Waals surface area contributed by atoms with E-state index in [4.69, 9.17) is 23.2 Å². The topological polar surface area (TPSA) is 110 Å². The van der Waals surface area contributed by atoms with Crippen molar-refractivity contribution < 1.29 is 18.1 Å². The van der Waals surface area contributed by atoms with E-state index in [0.717, 1.165) is 0 Å². The highest BCUT2D eigenvalue weighted by Gasteiger charge is 2.33. The minimum atomic E-state index is -3.75. The fourth-order valence-corrected chi connectivity index (χ4v) is 5.81. The van der Waals surface area contributed by atoms with Crippen LogP contribution in [-0.2, 0) is 20.6 Å². The van der Waals surface area contributed by atoms with Gasteiger partial charge in [0.2, 0.25) is 15.9 Å². The highest BCUT2D eigenvalue weighted by molar-refractivity contribution is 7.88. The fourth-order valence-electron chi connectivity index (χ4n) is 3.45. The molecule has 166 valence electrons.